The molecule has 1 heterocycles. The van der Waals surface area contributed by atoms with E-state index in [1.807, 2.05) is 24.3 Å². The van der Waals surface area contributed by atoms with Gasteiger partial charge in [0.25, 0.3) is 0 Å². The van der Waals surface area contributed by atoms with Gasteiger partial charge in [0.1, 0.15) is 12.1 Å². The van der Waals surface area contributed by atoms with Crippen molar-refractivity contribution in [2.75, 3.05) is 11.1 Å². The van der Waals surface area contributed by atoms with E-state index in [-0.39, 0.29) is 0 Å². The smallest absolute Gasteiger partial charge is 0.137 e. The maximum Gasteiger partial charge on any atom is 0.137 e. The average Bonchev–Trinajstić information content (AvgIpc) is 2.78. The van der Waals surface area contributed by atoms with Gasteiger partial charge >= 0.3 is 0 Å². The molecule has 0 unspecified atom stereocenters. The topological polar surface area (TPSA) is 63.8 Å². The first kappa shape index (κ1) is 10.1. The van der Waals surface area contributed by atoms with Crippen LogP contribution in [0.25, 0.3) is 0 Å². The maximum absolute atomic E-state index is 5.75. The molecule has 0 saturated heterocycles. The largest absolute Gasteiger partial charge is 0.399 e. The molecule has 0 fully saturated rings. The fourth-order valence-corrected chi connectivity index (χ4v) is 2.22. The van der Waals surface area contributed by atoms with Gasteiger partial charge in [-0.15, -0.1) is 0 Å². The standard InChI is InChI=1S/C13H14N4/c14-9-3-1-4-10(7-9)17-13-11-5-2-6-12(11)15-8-16-13/h1,3-4,7-8H,2,5-6,14H2,(H,15,16,17). The van der Waals surface area contributed by atoms with Crippen molar-refractivity contribution in [3.63, 3.8) is 0 Å². The Hall–Kier alpha value is -2.10. The zero-order valence-electron chi connectivity index (χ0n) is 9.48. The van der Waals surface area contributed by atoms with Crippen molar-refractivity contribution in [2.45, 2.75) is 19.3 Å². The number of nitrogens with one attached hydrogen (secondary N) is 1. The molecule has 0 bridgehead atoms. The van der Waals surface area contributed by atoms with Crippen molar-refractivity contribution in [3.05, 3.63) is 41.9 Å². The van der Waals surface area contributed by atoms with Crippen molar-refractivity contribution >= 4 is 17.2 Å². The summed E-state index contributed by atoms with van der Waals surface area (Å²) in [5.41, 5.74) is 9.89. The number of benzene rings is 1. The Morgan fingerprint density at radius 1 is 1.18 bits per heavy atom. The third kappa shape index (κ3) is 1.93. The molecular weight excluding hydrogens is 212 g/mol. The van der Waals surface area contributed by atoms with Crippen LogP contribution in [-0.4, -0.2) is 9.97 Å². The molecule has 3 N–H and O–H groups in total. The van der Waals surface area contributed by atoms with Crippen LogP contribution < -0.4 is 11.1 Å². The molecule has 3 rings (SSSR count). The number of anilines is 3. The molecule has 17 heavy (non-hydrogen) atoms. The lowest BCUT2D eigenvalue weighted by Crippen LogP contribution is -2.00. The Labute approximate surface area is 99.9 Å². The number of hydrogen-bond acceptors (Lipinski definition) is 4. The summed E-state index contributed by atoms with van der Waals surface area (Å²) in [7, 11) is 0. The Morgan fingerprint density at radius 2 is 2.12 bits per heavy atom. The predicted octanol–water partition coefficient (Wildman–Crippen LogP) is 2.29. The van der Waals surface area contributed by atoms with E-state index in [4.69, 9.17) is 5.73 Å². The lowest BCUT2D eigenvalue weighted by atomic mass is 10.2. The Kier molecular flexibility index (Phi) is 2.40. The van der Waals surface area contributed by atoms with Crippen LogP contribution in [-0.2, 0) is 12.8 Å². The van der Waals surface area contributed by atoms with Gasteiger partial charge in [-0.3, -0.25) is 0 Å². The quantitative estimate of drug-likeness (QED) is 0.771. The molecule has 1 aromatic carbocycles. The number of nitrogens with two attached hydrogens (primary N) is 1. The van der Waals surface area contributed by atoms with Crippen molar-refractivity contribution in [3.8, 4) is 0 Å². The minimum atomic E-state index is 0.751. The van der Waals surface area contributed by atoms with Gasteiger partial charge in [0.2, 0.25) is 0 Å². The van der Waals surface area contributed by atoms with E-state index >= 15 is 0 Å². The average molecular weight is 226 g/mol. The van der Waals surface area contributed by atoms with Crippen LogP contribution in [0.2, 0.25) is 0 Å². The summed E-state index contributed by atoms with van der Waals surface area (Å²) >= 11 is 0. The van der Waals surface area contributed by atoms with Crippen LogP contribution in [0, 0.1) is 0 Å². The van der Waals surface area contributed by atoms with Gasteiger partial charge in [-0.1, -0.05) is 6.07 Å². The summed E-state index contributed by atoms with van der Waals surface area (Å²) in [6.07, 6.45) is 4.91. The lowest BCUT2D eigenvalue weighted by molar-refractivity contribution is 0.899. The molecule has 1 aliphatic carbocycles. The molecule has 0 aliphatic heterocycles. The van der Waals surface area contributed by atoms with Crippen molar-refractivity contribution in [2.24, 2.45) is 0 Å². The molecule has 1 aliphatic rings. The zero-order valence-corrected chi connectivity index (χ0v) is 9.48. The SMILES string of the molecule is Nc1cccc(Nc2ncnc3c2CCC3)c1. The van der Waals surface area contributed by atoms with Gasteiger partial charge in [0.15, 0.2) is 0 Å². The number of hydrogen-bond donors (Lipinski definition) is 2. The molecule has 4 nitrogen and oxygen atoms in total. The Balaban J connectivity index is 1.93. The third-order valence-corrected chi connectivity index (χ3v) is 3.02. The second-order valence-corrected chi connectivity index (χ2v) is 4.25. The van der Waals surface area contributed by atoms with Crippen molar-refractivity contribution in [1.29, 1.82) is 0 Å². The van der Waals surface area contributed by atoms with E-state index in [1.165, 1.54) is 17.7 Å². The number of aryl methyl sites for hydroxylation is 1. The molecular formula is C13H14N4. The van der Waals surface area contributed by atoms with Crippen LogP contribution in [0.1, 0.15) is 17.7 Å². The molecule has 1 aromatic heterocycles. The third-order valence-electron chi connectivity index (χ3n) is 3.02. The van der Waals surface area contributed by atoms with Crippen LogP contribution in [0.4, 0.5) is 17.2 Å². The number of fused-ring (bicyclic) bond motifs is 1. The highest BCUT2D eigenvalue weighted by Gasteiger charge is 2.16. The summed E-state index contributed by atoms with van der Waals surface area (Å²) in [6, 6.07) is 7.69. The second kappa shape index (κ2) is 4.05. The van der Waals surface area contributed by atoms with Crippen molar-refractivity contribution < 1.29 is 0 Å². The monoisotopic (exact) mass is 226 g/mol. The van der Waals surface area contributed by atoms with Gasteiger partial charge in [0.05, 0.1) is 0 Å². The summed E-state index contributed by atoms with van der Waals surface area (Å²) in [5, 5.41) is 3.31. The number of rotatable bonds is 2. The maximum atomic E-state index is 5.75. The van der Waals surface area contributed by atoms with Gasteiger partial charge in [-0.05, 0) is 37.5 Å². The van der Waals surface area contributed by atoms with Gasteiger partial charge in [0, 0.05) is 22.6 Å². The number of aromatic nitrogens is 2. The van der Waals surface area contributed by atoms with E-state index in [1.54, 1.807) is 6.33 Å². The number of nitrogens with zero attached hydrogens (tertiary/aromatic N) is 2. The highest BCUT2D eigenvalue weighted by atomic mass is 15.0. The first-order valence-corrected chi connectivity index (χ1v) is 5.78. The van der Waals surface area contributed by atoms with Gasteiger partial charge < -0.3 is 11.1 Å². The van der Waals surface area contributed by atoms with E-state index < -0.39 is 0 Å². The van der Waals surface area contributed by atoms with E-state index in [0.29, 0.717) is 0 Å². The van der Waals surface area contributed by atoms with Gasteiger partial charge in [-0.2, -0.15) is 0 Å². The summed E-state index contributed by atoms with van der Waals surface area (Å²) in [4.78, 5) is 8.62. The summed E-state index contributed by atoms with van der Waals surface area (Å²) in [6.45, 7) is 0. The first-order chi connectivity index (χ1) is 8.33. The van der Waals surface area contributed by atoms with Crippen LogP contribution in [0.15, 0.2) is 30.6 Å². The Bertz CT molecular complexity index is 551. The van der Waals surface area contributed by atoms with Crippen LogP contribution >= 0.6 is 0 Å². The molecule has 86 valence electrons. The predicted molar refractivity (Wildman–Crippen MR) is 68.2 cm³/mol. The molecule has 2 aromatic rings. The second-order valence-electron chi connectivity index (χ2n) is 4.25. The van der Waals surface area contributed by atoms with Crippen molar-refractivity contribution in [1.82, 2.24) is 9.97 Å². The lowest BCUT2D eigenvalue weighted by Gasteiger charge is -2.09. The van der Waals surface area contributed by atoms with E-state index in [2.05, 4.69) is 15.3 Å². The fraction of sp³-hybridized carbons (Fsp3) is 0.231. The van der Waals surface area contributed by atoms with Gasteiger partial charge in [-0.25, -0.2) is 9.97 Å². The summed E-state index contributed by atoms with van der Waals surface area (Å²) in [5.74, 6) is 0.915. The Morgan fingerprint density at radius 3 is 3.00 bits per heavy atom. The minimum absolute atomic E-state index is 0.751. The molecule has 4 heteroatoms. The normalized spacial score (nSPS) is 13.4. The molecule has 0 radical (unpaired) electrons. The van der Waals surface area contributed by atoms with Crippen LogP contribution in [0.3, 0.4) is 0 Å². The van der Waals surface area contributed by atoms with Crippen LogP contribution in [0.5, 0.6) is 0 Å². The summed E-state index contributed by atoms with van der Waals surface area (Å²) < 4.78 is 0. The van der Waals surface area contributed by atoms with E-state index in [0.717, 1.165) is 30.0 Å². The van der Waals surface area contributed by atoms with E-state index in [9.17, 15) is 0 Å². The zero-order chi connectivity index (χ0) is 11.7. The highest BCUT2D eigenvalue weighted by Crippen LogP contribution is 2.27. The first-order valence-electron chi connectivity index (χ1n) is 5.78. The molecule has 0 saturated carbocycles. The molecule has 0 atom stereocenters. The molecule has 0 spiro atoms. The number of nitrogen functional groups attached to an aromatic ring is 1. The fourth-order valence-electron chi connectivity index (χ4n) is 2.22. The molecule has 0 amide bonds. The minimum Gasteiger partial charge on any atom is -0.399 e. The highest BCUT2D eigenvalue weighted by molar-refractivity contribution is 5.64.